The van der Waals surface area contributed by atoms with Gasteiger partial charge in [0, 0.05) is 29.7 Å². The molecule has 4 heterocycles. The van der Waals surface area contributed by atoms with Gasteiger partial charge in [-0.15, -0.1) is 11.3 Å². The summed E-state index contributed by atoms with van der Waals surface area (Å²) in [5, 5.41) is 2.66. The molecule has 1 aliphatic heterocycles. The third kappa shape index (κ3) is 2.92. The molecule has 4 nitrogen and oxygen atoms in total. The van der Waals surface area contributed by atoms with Crippen molar-refractivity contribution in [1.29, 1.82) is 0 Å². The maximum Gasteiger partial charge on any atom is 0.258 e. The van der Waals surface area contributed by atoms with E-state index in [9.17, 15) is 4.79 Å². The largest absolute Gasteiger partial charge is 0.290 e. The first-order valence-electron chi connectivity index (χ1n) is 7.66. The minimum atomic E-state index is -0.0839. The lowest BCUT2D eigenvalue weighted by molar-refractivity contribution is 0.248. The molecule has 118 valence electrons. The smallest absolute Gasteiger partial charge is 0.258 e. The second kappa shape index (κ2) is 6.07. The van der Waals surface area contributed by atoms with Crippen molar-refractivity contribution >= 4 is 28.6 Å². The topological polar surface area (TPSA) is 37.6 Å². The Labute approximate surface area is 143 Å². The number of aromatic nitrogens is 2. The van der Waals surface area contributed by atoms with Gasteiger partial charge in [-0.25, -0.2) is 4.98 Å². The fourth-order valence-electron chi connectivity index (χ4n) is 3.23. The van der Waals surface area contributed by atoms with Gasteiger partial charge in [0.1, 0.15) is 5.65 Å². The number of halogens is 1. The molecule has 1 aliphatic rings. The van der Waals surface area contributed by atoms with Gasteiger partial charge in [-0.1, -0.05) is 17.7 Å². The number of pyridine rings is 1. The van der Waals surface area contributed by atoms with E-state index in [-0.39, 0.29) is 5.56 Å². The second-order valence-electron chi connectivity index (χ2n) is 5.81. The average Bonchev–Trinajstić information content (AvgIpc) is 3.19. The Balaban J connectivity index is 1.65. The highest BCUT2D eigenvalue weighted by Crippen LogP contribution is 2.35. The molecule has 0 radical (unpaired) electrons. The van der Waals surface area contributed by atoms with E-state index >= 15 is 0 Å². The molecule has 1 unspecified atom stereocenters. The number of hydrogen-bond donors (Lipinski definition) is 0. The summed E-state index contributed by atoms with van der Waals surface area (Å²) in [5.74, 6) is 0. The van der Waals surface area contributed by atoms with Gasteiger partial charge in [-0.05, 0) is 43.0 Å². The Morgan fingerprint density at radius 3 is 3.09 bits per heavy atom. The van der Waals surface area contributed by atoms with Crippen LogP contribution in [-0.2, 0) is 6.54 Å². The quantitative estimate of drug-likeness (QED) is 0.725. The van der Waals surface area contributed by atoms with E-state index in [1.54, 1.807) is 35.7 Å². The fourth-order valence-corrected chi connectivity index (χ4v) is 4.29. The van der Waals surface area contributed by atoms with Crippen LogP contribution in [0, 0.1) is 0 Å². The number of thiophene rings is 1. The summed E-state index contributed by atoms with van der Waals surface area (Å²) in [4.78, 5) is 20.7. The van der Waals surface area contributed by atoms with Crippen molar-refractivity contribution < 1.29 is 0 Å². The highest BCUT2D eigenvalue weighted by atomic mass is 35.5. The molecule has 1 atom stereocenters. The molecule has 6 heteroatoms. The number of fused-ring (bicyclic) bond motifs is 1. The van der Waals surface area contributed by atoms with Crippen LogP contribution in [0.25, 0.3) is 5.65 Å². The van der Waals surface area contributed by atoms with Gasteiger partial charge in [-0.3, -0.25) is 14.1 Å². The van der Waals surface area contributed by atoms with E-state index in [4.69, 9.17) is 11.6 Å². The third-order valence-electron chi connectivity index (χ3n) is 4.28. The van der Waals surface area contributed by atoms with Crippen LogP contribution in [0.1, 0.15) is 29.5 Å². The van der Waals surface area contributed by atoms with E-state index in [0.717, 1.165) is 12.2 Å². The first-order chi connectivity index (χ1) is 11.2. The van der Waals surface area contributed by atoms with Gasteiger partial charge >= 0.3 is 0 Å². The SMILES string of the molecule is O=c1cc(CN2CCCC2c2cccs2)nc2ccc(Cl)cn12. The predicted molar refractivity (Wildman–Crippen MR) is 93.2 cm³/mol. The van der Waals surface area contributed by atoms with Crippen molar-refractivity contribution in [3.63, 3.8) is 0 Å². The van der Waals surface area contributed by atoms with Crippen LogP contribution in [0.5, 0.6) is 0 Å². The van der Waals surface area contributed by atoms with Gasteiger partial charge in [-0.2, -0.15) is 0 Å². The number of hydrogen-bond acceptors (Lipinski definition) is 4. The molecule has 3 aromatic rings. The van der Waals surface area contributed by atoms with Crippen LogP contribution in [0.15, 0.2) is 46.7 Å². The summed E-state index contributed by atoms with van der Waals surface area (Å²) < 4.78 is 1.49. The van der Waals surface area contributed by atoms with Gasteiger partial charge in [0.2, 0.25) is 0 Å². The Kier molecular flexibility index (Phi) is 3.93. The van der Waals surface area contributed by atoms with Crippen LogP contribution in [0.4, 0.5) is 0 Å². The molecule has 0 aliphatic carbocycles. The first kappa shape index (κ1) is 14.9. The minimum absolute atomic E-state index is 0.0839. The van der Waals surface area contributed by atoms with Gasteiger partial charge in [0.25, 0.3) is 5.56 Å². The van der Waals surface area contributed by atoms with Crippen LogP contribution in [0.2, 0.25) is 5.02 Å². The van der Waals surface area contributed by atoms with Gasteiger partial charge in [0.15, 0.2) is 0 Å². The van der Waals surface area contributed by atoms with E-state index in [0.29, 0.717) is 23.3 Å². The Bertz CT molecular complexity index is 890. The normalized spacial score (nSPS) is 18.7. The zero-order chi connectivity index (χ0) is 15.8. The Morgan fingerprint density at radius 1 is 1.35 bits per heavy atom. The maximum absolute atomic E-state index is 12.3. The number of likely N-dealkylation sites (tertiary alicyclic amines) is 1. The van der Waals surface area contributed by atoms with Crippen LogP contribution >= 0.6 is 22.9 Å². The van der Waals surface area contributed by atoms with Crippen molar-refractivity contribution in [2.75, 3.05) is 6.54 Å². The minimum Gasteiger partial charge on any atom is -0.290 e. The lowest BCUT2D eigenvalue weighted by Crippen LogP contribution is -2.25. The lowest BCUT2D eigenvalue weighted by atomic mass is 10.2. The van der Waals surface area contributed by atoms with E-state index in [2.05, 4.69) is 27.4 Å². The zero-order valence-electron chi connectivity index (χ0n) is 12.5. The summed E-state index contributed by atoms with van der Waals surface area (Å²) in [6.45, 7) is 1.75. The van der Waals surface area contributed by atoms with Crippen molar-refractivity contribution in [2.45, 2.75) is 25.4 Å². The van der Waals surface area contributed by atoms with Gasteiger partial charge < -0.3 is 0 Å². The van der Waals surface area contributed by atoms with Crippen molar-refractivity contribution in [3.05, 3.63) is 67.9 Å². The fraction of sp³-hybridized carbons (Fsp3) is 0.294. The van der Waals surface area contributed by atoms with Crippen molar-refractivity contribution in [3.8, 4) is 0 Å². The van der Waals surface area contributed by atoms with E-state index < -0.39 is 0 Å². The molecule has 0 bridgehead atoms. The lowest BCUT2D eigenvalue weighted by Gasteiger charge is -2.23. The van der Waals surface area contributed by atoms with Crippen LogP contribution < -0.4 is 5.56 Å². The van der Waals surface area contributed by atoms with Crippen LogP contribution in [-0.4, -0.2) is 20.8 Å². The number of rotatable bonds is 3. The van der Waals surface area contributed by atoms with Crippen LogP contribution in [0.3, 0.4) is 0 Å². The molecule has 0 aromatic carbocycles. The van der Waals surface area contributed by atoms with E-state index in [1.807, 2.05) is 0 Å². The summed E-state index contributed by atoms with van der Waals surface area (Å²) in [7, 11) is 0. The molecule has 0 spiro atoms. The third-order valence-corrected chi connectivity index (χ3v) is 5.47. The molecule has 0 N–H and O–H groups in total. The molecule has 0 saturated carbocycles. The second-order valence-corrected chi connectivity index (χ2v) is 7.22. The molecule has 23 heavy (non-hydrogen) atoms. The molecule has 1 saturated heterocycles. The highest BCUT2D eigenvalue weighted by Gasteiger charge is 2.27. The summed E-state index contributed by atoms with van der Waals surface area (Å²) in [5.41, 5.74) is 1.38. The summed E-state index contributed by atoms with van der Waals surface area (Å²) >= 11 is 7.75. The molecule has 3 aromatic heterocycles. The maximum atomic E-state index is 12.3. The molecule has 4 rings (SSSR count). The first-order valence-corrected chi connectivity index (χ1v) is 8.92. The Morgan fingerprint density at radius 2 is 2.26 bits per heavy atom. The average molecular weight is 346 g/mol. The predicted octanol–water partition coefficient (Wildman–Crippen LogP) is 3.75. The monoisotopic (exact) mass is 345 g/mol. The zero-order valence-corrected chi connectivity index (χ0v) is 14.1. The molecule has 0 amide bonds. The molecule has 1 fully saturated rings. The highest BCUT2D eigenvalue weighted by molar-refractivity contribution is 7.10. The number of nitrogens with zero attached hydrogens (tertiary/aromatic N) is 3. The summed E-state index contributed by atoms with van der Waals surface area (Å²) in [6, 6.07) is 9.90. The molecular weight excluding hydrogens is 330 g/mol. The standard InChI is InChI=1S/C17H16ClN3OS/c18-12-5-6-16-19-13(9-17(22)21(16)10-12)11-20-7-1-3-14(20)15-4-2-8-23-15/h2,4-6,8-10,14H,1,3,7,11H2. The van der Waals surface area contributed by atoms with Gasteiger partial charge in [0.05, 0.1) is 10.7 Å². The molecular formula is C17H16ClN3OS. The summed E-state index contributed by atoms with van der Waals surface area (Å²) in [6.07, 6.45) is 3.97. The van der Waals surface area contributed by atoms with E-state index in [1.165, 1.54) is 22.1 Å². The Hall–Kier alpha value is -1.69. The van der Waals surface area contributed by atoms with Crippen molar-refractivity contribution in [1.82, 2.24) is 14.3 Å². The van der Waals surface area contributed by atoms with Crippen molar-refractivity contribution in [2.24, 2.45) is 0 Å².